The normalized spacial score (nSPS) is 11.7. The number of para-hydroxylation sites is 1. The summed E-state index contributed by atoms with van der Waals surface area (Å²) in [6.07, 6.45) is 0. The van der Waals surface area contributed by atoms with Crippen LogP contribution < -0.4 is 19.9 Å². The highest BCUT2D eigenvalue weighted by molar-refractivity contribution is 7.90. The lowest BCUT2D eigenvalue weighted by Crippen LogP contribution is -2.31. The van der Waals surface area contributed by atoms with E-state index in [1.165, 1.54) is 48.5 Å². The van der Waals surface area contributed by atoms with Gasteiger partial charge in [-0.2, -0.15) is 8.42 Å². The fourth-order valence-electron chi connectivity index (χ4n) is 3.77. The molecule has 0 aliphatic rings. The zero-order chi connectivity index (χ0) is 29.9. The summed E-state index contributed by atoms with van der Waals surface area (Å²) in [4.78, 5) is 21.5. The second kappa shape index (κ2) is 11.5. The number of rotatable bonds is 9. The number of aliphatic hydroxyl groups is 1. The number of amides is 1. The molecular formula is C29H29FN4O6S. The number of anilines is 1. The summed E-state index contributed by atoms with van der Waals surface area (Å²) in [5.74, 6) is -1.32. The van der Waals surface area contributed by atoms with Crippen molar-refractivity contribution >= 4 is 21.7 Å². The van der Waals surface area contributed by atoms with Crippen molar-refractivity contribution in [2.24, 2.45) is 0 Å². The molecule has 0 saturated carbocycles. The number of ether oxygens (including phenoxy) is 2. The van der Waals surface area contributed by atoms with Crippen LogP contribution in [0.2, 0.25) is 0 Å². The monoisotopic (exact) mass is 580 g/mol. The summed E-state index contributed by atoms with van der Waals surface area (Å²) in [5.41, 5.74) is 6.26. The highest BCUT2D eigenvalue weighted by atomic mass is 32.2. The van der Waals surface area contributed by atoms with Crippen LogP contribution >= 0.6 is 0 Å². The van der Waals surface area contributed by atoms with Gasteiger partial charge in [-0.3, -0.25) is 4.79 Å². The topological polar surface area (TPSA) is 154 Å². The third-order valence-electron chi connectivity index (χ3n) is 5.72. The van der Waals surface area contributed by atoms with Gasteiger partial charge in [0.15, 0.2) is 5.03 Å². The molecule has 1 amide bonds. The van der Waals surface area contributed by atoms with Crippen molar-refractivity contribution < 1.29 is 32.2 Å². The highest BCUT2D eigenvalue weighted by Crippen LogP contribution is 2.33. The molecule has 0 aliphatic heterocycles. The van der Waals surface area contributed by atoms with E-state index in [-0.39, 0.29) is 35.3 Å². The molecule has 41 heavy (non-hydrogen) atoms. The number of sulfonamides is 1. The maximum atomic E-state index is 14.5. The summed E-state index contributed by atoms with van der Waals surface area (Å²) >= 11 is 0. The second-order valence-corrected chi connectivity index (χ2v) is 11.6. The van der Waals surface area contributed by atoms with Gasteiger partial charge in [0.25, 0.3) is 15.9 Å². The van der Waals surface area contributed by atoms with Crippen LogP contribution in [0, 0.1) is 19.7 Å². The predicted molar refractivity (Wildman–Crippen MR) is 151 cm³/mol. The van der Waals surface area contributed by atoms with Crippen LogP contribution in [-0.4, -0.2) is 41.6 Å². The molecule has 0 saturated heterocycles. The first-order valence-electron chi connectivity index (χ1n) is 12.4. The Bertz CT molecular complexity index is 1700. The van der Waals surface area contributed by atoms with Gasteiger partial charge in [0.1, 0.15) is 35.3 Å². The minimum absolute atomic E-state index is 0.0358. The maximum Gasteiger partial charge on any atom is 0.281 e. The lowest BCUT2D eigenvalue weighted by molar-refractivity contribution is 0.0284. The van der Waals surface area contributed by atoms with Crippen LogP contribution in [0.4, 0.5) is 10.2 Å². The van der Waals surface area contributed by atoms with Crippen LogP contribution in [0.3, 0.4) is 0 Å². The first kappa shape index (κ1) is 29.4. The summed E-state index contributed by atoms with van der Waals surface area (Å²) < 4.78 is 53.8. The summed E-state index contributed by atoms with van der Waals surface area (Å²) in [6.45, 7) is 6.64. The number of halogens is 1. The maximum absolute atomic E-state index is 14.5. The molecule has 4 rings (SSSR count). The van der Waals surface area contributed by atoms with E-state index < -0.39 is 32.4 Å². The van der Waals surface area contributed by atoms with Crippen molar-refractivity contribution in [3.05, 3.63) is 89.2 Å². The Labute approximate surface area is 237 Å². The first-order valence-corrected chi connectivity index (χ1v) is 13.9. The van der Waals surface area contributed by atoms with Crippen molar-refractivity contribution in [3.8, 4) is 28.6 Å². The van der Waals surface area contributed by atoms with E-state index in [2.05, 4.69) is 9.97 Å². The van der Waals surface area contributed by atoms with E-state index in [9.17, 15) is 22.7 Å². The van der Waals surface area contributed by atoms with E-state index in [1.807, 2.05) is 10.8 Å². The molecule has 0 bridgehead atoms. The molecule has 4 aromatic rings. The van der Waals surface area contributed by atoms with Crippen molar-refractivity contribution in [2.75, 3.05) is 12.3 Å². The molecule has 2 aromatic carbocycles. The van der Waals surface area contributed by atoms with Crippen molar-refractivity contribution in [3.63, 3.8) is 0 Å². The van der Waals surface area contributed by atoms with Gasteiger partial charge in [0.05, 0.1) is 11.3 Å². The number of aryl methyl sites for hydroxylation is 2. The van der Waals surface area contributed by atoms with Gasteiger partial charge in [0.2, 0.25) is 5.88 Å². The van der Waals surface area contributed by atoms with Gasteiger partial charge in [0, 0.05) is 11.6 Å². The van der Waals surface area contributed by atoms with Crippen LogP contribution in [-0.2, 0) is 10.0 Å². The van der Waals surface area contributed by atoms with Crippen LogP contribution in [0.25, 0.3) is 11.3 Å². The molecule has 2 heterocycles. The van der Waals surface area contributed by atoms with E-state index in [0.717, 1.165) is 11.1 Å². The highest BCUT2D eigenvalue weighted by Gasteiger charge is 2.25. The molecule has 0 aliphatic carbocycles. The van der Waals surface area contributed by atoms with Gasteiger partial charge >= 0.3 is 0 Å². The predicted octanol–water partition coefficient (Wildman–Crippen LogP) is 4.54. The number of carbonyl (C=O) groups is 1. The number of nitrogens with zero attached hydrogens (tertiary/aromatic N) is 2. The summed E-state index contributed by atoms with van der Waals surface area (Å²) in [6, 6.07) is 16.1. The van der Waals surface area contributed by atoms with Gasteiger partial charge in [-0.05, 0) is 75.2 Å². The van der Waals surface area contributed by atoms with E-state index in [4.69, 9.17) is 15.2 Å². The number of nitrogens with two attached hydrogens (primary N) is 1. The smallest absolute Gasteiger partial charge is 0.281 e. The van der Waals surface area contributed by atoms with Crippen molar-refractivity contribution in [1.82, 2.24) is 14.7 Å². The molecule has 10 nitrogen and oxygen atoms in total. The second-order valence-electron chi connectivity index (χ2n) is 9.98. The average Bonchev–Trinajstić information content (AvgIpc) is 2.88. The van der Waals surface area contributed by atoms with Crippen LogP contribution in [0.1, 0.15) is 35.3 Å². The first-order chi connectivity index (χ1) is 19.2. The van der Waals surface area contributed by atoms with Crippen LogP contribution in [0.15, 0.2) is 71.8 Å². The Morgan fingerprint density at radius 1 is 1.02 bits per heavy atom. The molecular weight excluding hydrogens is 551 g/mol. The number of carbonyl (C=O) groups excluding carboxylic acids is 1. The number of hydrogen-bond donors (Lipinski definition) is 3. The van der Waals surface area contributed by atoms with Gasteiger partial charge in [-0.1, -0.05) is 24.3 Å². The van der Waals surface area contributed by atoms with E-state index >= 15 is 0 Å². The Hall–Kier alpha value is -4.55. The lowest BCUT2D eigenvalue weighted by atomic mass is 10.1. The molecule has 0 spiro atoms. The number of nitrogen functional groups attached to an aromatic ring is 1. The van der Waals surface area contributed by atoms with E-state index in [1.54, 1.807) is 39.8 Å². The van der Waals surface area contributed by atoms with Gasteiger partial charge < -0.3 is 20.3 Å². The third-order valence-corrected chi connectivity index (χ3v) is 6.95. The minimum Gasteiger partial charge on any atom is -0.490 e. The summed E-state index contributed by atoms with van der Waals surface area (Å²) in [5, 5.41) is 9.53. The standard InChI is InChI=1S/C29H29FN4O6S/c1-17-7-5-8-18(2)26(17)40-28-22(27(35)34-41(37,38)25-10-6-9-24(31)33-25)11-12-23(32-28)19-13-20(30)15-21(14-19)39-16-29(3,4)36/h5-15,36H,16H2,1-4H3,(H2,31,33)(H,34,35). The Balaban J connectivity index is 1.76. The molecule has 0 unspecified atom stereocenters. The fourth-order valence-corrected chi connectivity index (χ4v) is 4.71. The molecule has 12 heteroatoms. The minimum atomic E-state index is -4.39. The molecule has 4 N–H and O–H groups in total. The fraction of sp³-hybridized carbons (Fsp3) is 0.207. The Kier molecular flexibility index (Phi) is 8.27. The van der Waals surface area contributed by atoms with Crippen molar-refractivity contribution in [1.29, 1.82) is 0 Å². The SMILES string of the molecule is Cc1cccc(C)c1Oc1nc(-c2cc(F)cc(OCC(C)(C)O)c2)ccc1C(=O)NS(=O)(=O)c1cccc(N)n1. The zero-order valence-corrected chi connectivity index (χ0v) is 23.6. The van der Waals surface area contributed by atoms with E-state index in [0.29, 0.717) is 11.3 Å². The average molecular weight is 581 g/mol. The van der Waals surface area contributed by atoms with Crippen molar-refractivity contribution in [2.45, 2.75) is 38.3 Å². The van der Waals surface area contributed by atoms with Gasteiger partial charge in [-0.25, -0.2) is 19.1 Å². The number of aromatic nitrogens is 2. The zero-order valence-electron chi connectivity index (χ0n) is 22.8. The lowest BCUT2D eigenvalue weighted by Gasteiger charge is -2.18. The number of hydrogen-bond acceptors (Lipinski definition) is 9. The number of pyridine rings is 2. The molecule has 214 valence electrons. The van der Waals surface area contributed by atoms with Crippen LogP contribution in [0.5, 0.6) is 17.4 Å². The molecule has 0 fully saturated rings. The number of benzene rings is 2. The molecule has 0 radical (unpaired) electrons. The largest absolute Gasteiger partial charge is 0.490 e. The quantitative estimate of drug-likeness (QED) is 0.259. The molecule has 2 aromatic heterocycles. The third kappa shape index (κ3) is 7.35. The Morgan fingerprint density at radius 2 is 1.71 bits per heavy atom. The summed E-state index contributed by atoms with van der Waals surface area (Å²) in [7, 11) is -4.39. The number of nitrogens with one attached hydrogen (secondary N) is 1. The Morgan fingerprint density at radius 3 is 2.37 bits per heavy atom. The molecule has 0 atom stereocenters. The van der Waals surface area contributed by atoms with Gasteiger partial charge in [-0.15, -0.1) is 0 Å².